The smallest absolute Gasteiger partial charge is 0.253 e. The summed E-state index contributed by atoms with van der Waals surface area (Å²) in [5, 5.41) is 11.4. The zero-order valence-electron chi connectivity index (χ0n) is 27.8. The van der Waals surface area contributed by atoms with Crippen molar-refractivity contribution in [2.45, 2.75) is 114 Å². The number of Topliss-reactive ketones (excluding diaryl/α,β-unsaturated/α-hetero) is 2. The van der Waals surface area contributed by atoms with E-state index in [4.69, 9.17) is 0 Å². The maximum absolute atomic E-state index is 11.6. The van der Waals surface area contributed by atoms with Crippen molar-refractivity contribution in [3.05, 3.63) is 24.3 Å². The number of amides is 6. The Morgan fingerprint density at radius 1 is 0.585 bits per heavy atom. The molecule has 0 aliphatic carbocycles. The van der Waals surface area contributed by atoms with Crippen LogP contribution in [0.4, 0.5) is 0 Å². The summed E-state index contributed by atoms with van der Waals surface area (Å²) in [7, 11) is 5.24. The second-order valence-electron chi connectivity index (χ2n) is 10.6. The Balaban J connectivity index is -0.000000174. The number of nitrogens with one attached hydrogen (secondary N) is 4. The molecular weight excluding hydrogens is 759 g/mol. The van der Waals surface area contributed by atoms with E-state index in [1.165, 1.54) is 24.3 Å². The molecule has 0 aromatic rings. The van der Waals surface area contributed by atoms with Crippen molar-refractivity contribution in [3.8, 4) is 0 Å². The van der Waals surface area contributed by atoms with Crippen molar-refractivity contribution in [2.24, 2.45) is 0 Å². The quantitative estimate of drug-likeness (QED) is 0.0725. The van der Waals surface area contributed by atoms with Crippen molar-refractivity contribution in [1.29, 1.82) is 0 Å². The van der Waals surface area contributed by atoms with Gasteiger partial charge in [-0.3, -0.25) is 48.2 Å². The Morgan fingerprint density at radius 2 is 0.868 bits per heavy atom. The Bertz CT molecular complexity index is 1110. The molecule has 4 N–H and O–H groups in total. The summed E-state index contributed by atoms with van der Waals surface area (Å²) < 4.78 is 0. The Kier molecular flexibility index (Phi) is 43.7. The van der Waals surface area contributed by atoms with Crippen LogP contribution in [0, 0.1) is 0 Å². The van der Waals surface area contributed by atoms with Gasteiger partial charge >= 0.3 is 0 Å². The van der Waals surface area contributed by atoms with E-state index in [0.717, 1.165) is 62.4 Å². The molecular formula is C35H66N6O8P2S2. The number of likely N-dealkylation sites (N-methyl/N-ethyl adjacent to an activating group) is 2. The first kappa shape index (κ1) is 62.0. The highest BCUT2D eigenvalue weighted by Gasteiger charge is 2.24. The number of nitrogens with zero attached hydrogens (tertiary/aromatic N) is 2. The van der Waals surface area contributed by atoms with Gasteiger partial charge in [-0.05, 0) is 90.1 Å². The van der Waals surface area contributed by atoms with Gasteiger partial charge in [-0.25, -0.2) is 0 Å². The van der Waals surface area contributed by atoms with Gasteiger partial charge in [-0.1, -0.05) is 37.1 Å². The lowest BCUT2D eigenvalue weighted by Crippen LogP contribution is -2.35. The minimum atomic E-state index is -0.375. The normalized spacial score (nSPS) is 13.4. The van der Waals surface area contributed by atoms with Gasteiger partial charge in [0.25, 0.3) is 23.6 Å². The molecule has 2 rings (SSSR count). The molecule has 0 radical (unpaired) electrons. The van der Waals surface area contributed by atoms with Crippen molar-refractivity contribution in [2.75, 3.05) is 40.3 Å². The third kappa shape index (κ3) is 28.2. The van der Waals surface area contributed by atoms with Crippen LogP contribution < -0.4 is 21.3 Å². The molecule has 0 fully saturated rings. The molecule has 2 aliphatic heterocycles. The van der Waals surface area contributed by atoms with Crippen LogP contribution >= 0.6 is 14.1 Å². The molecule has 0 aromatic carbocycles. The van der Waals surface area contributed by atoms with Crippen molar-refractivity contribution >= 4 is 84.7 Å². The molecule has 6 amide bonds. The van der Waals surface area contributed by atoms with E-state index in [0.29, 0.717) is 13.1 Å². The van der Waals surface area contributed by atoms with E-state index in [9.17, 15) is 38.4 Å². The third-order valence-corrected chi connectivity index (χ3v) is 9.79. The maximum atomic E-state index is 11.6. The number of unbranched alkanes of at least 4 members (excludes halogenated alkanes) is 2. The van der Waals surface area contributed by atoms with Crippen LogP contribution in [0.1, 0.15) is 102 Å². The van der Waals surface area contributed by atoms with Gasteiger partial charge in [0.2, 0.25) is 11.8 Å². The lowest BCUT2D eigenvalue weighted by molar-refractivity contribution is -0.139. The average molecular weight is 825 g/mol. The van der Waals surface area contributed by atoms with Gasteiger partial charge < -0.3 is 21.3 Å². The summed E-state index contributed by atoms with van der Waals surface area (Å²) in [6.07, 6.45) is 9.71. The summed E-state index contributed by atoms with van der Waals surface area (Å²) in [5.41, 5.74) is 0. The highest BCUT2D eigenvalue weighted by Crippen LogP contribution is 2.10. The molecule has 0 aromatic heterocycles. The molecule has 2 atom stereocenters. The molecule has 2 heterocycles. The zero-order chi connectivity index (χ0) is 36.5. The Labute approximate surface area is 332 Å². The van der Waals surface area contributed by atoms with E-state index >= 15 is 0 Å². The zero-order valence-corrected chi connectivity index (χ0v) is 31.2. The third-order valence-electron chi connectivity index (χ3n) is 7.12. The second kappa shape index (κ2) is 37.3. The fraction of sp³-hybridized carbons (Fsp3) is 0.657. The first-order valence-electron chi connectivity index (χ1n) is 15.4. The molecule has 306 valence electrons. The van der Waals surface area contributed by atoms with Crippen molar-refractivity contribution < 1.29 is 38.4 Å². The molecule has 14 nitrogen and oxygen atoms in total. The van der Waals surface area contributed by atoms with Crippen LogP contribution in [0.2, 0.25) is 0 Å². The summed E-state index contributed by atoms with van der Waals surface area (Å²) >= 11 is 8.82. The summed E-state index contributed by atoms with van der Waals surface area (Å²) in [6, 6.07) is -0.259. The molecule has 18 heteroatoms. The van der Waals surface area contributed by atoms with Crippen molar-refractivity contribution in [1.82, 2.24) is 31.1 Å². The number of ketones is 2. The fourth-order valence-corrected chi connectivity index (χ4v) is 4.41. The summed E-state index contributed by atoms with van der Waals surface area (Å²) in [6.45, 7) is 4.35. The Morgan fingerprint density at radius 3 is 1.09 bits per heavy atom. The SMILES string of the molecule is C.C.C.C.C.CNC(CCCCNC(=O)CCN1C(=O)C=CC1=O)C(C)=O.CNC(CCCCNC(=O)CCN1C(=O)C=CC1=O)C(C)=O.S=PP=S. The Hall–Kier alpha value is -3.00. The number of rotatable bonds is 21. The van der Waals surface area contributed by atoms with Crippen LogP contribution in [0.5, 0.6) is 0 Å². The molecule has 0 spiro atoms. The van der Waals surface area contributed by atoms with Gasteiger partial charge in [-0.15, -0.1) is 0 Å². The predicted molar refractivity (Wildman–Crippen MR) is 224 cm³/mol. The van der Waals surface area contributed by atoms with E-state index < -0.39 is 0 Å². The largest absolute Gasteiger partial charge is 0.356 e. The standard InChI is InChI=1S/2C15H23N3O4.5CH4.P2S2/c2*1-11(19)12(16-2)5-3-4-9-17-13(20)8-10-18-14(21)6-7-15(18)22;;;;;;3-1-2-4/h2*6-7,12,16H,3-5,8-10H2,1-2H3,(H,17,20);5*1H4;. The van der Waals surface area contributed by atoms with Crippen LogP contribution in [0.3, 0.4) is 0 Å². The van der Waals surface area contributed by atoms with Crippen LogP contribution in [0.15, 0.2) is 24.3 Å². The minimum absolute atomic E-state index is 0. The second-order valence-corrected chi connectivity index (χ2v) is 14.8. The number of imide groups is 2. The lowest BCUT2D eigenvalue weighted by Gasteiger charge is -2.14. The molecule has 0 saturated carbocycles. The van der Waals surface area contributed by atoms with Crippen LogP contribution in [0.25, 0.3) is 0 Å². The predicted octanol–water partition coefficient (Wildman–Crippen LogP) is 4.43. The molecule has 0 bridgehead atoms. The maximum Gasteiger partial charge on any atom is 0.253 e. The lowest BCUT2D eigenvalue weighted by atomic mass is 10.1. The first-order valence-corrected chi connectivity index (χ1v) is 20.0. The fourth-order valence-electron chi connectivity index (χ4n) is 4.41. The van der Waals surface area contributed by atoms with Crippen LogP contribution in [-0.2, 0) is 62.0 Å². The highest BCUT2D eigenvalue weighted by atomic mass is 32.7. The molecule has 2 unspecified atom stereocenters. The van der Waals surface area contributed by atoms with E-state index in [1.54, 1.807) is 27.9 Å². The van der Waals surface area contributed by atoms with Crippen LogP contribution in [-0.4, -0.2) is 109 Å². The van der Waals surface area contributed by atoms with Gasteiger partial charge in [0.05, 0.1) is 12.1 Å². The number of hydrogen-bond acceptors (Lipinski definition) is 12. The number of carbonyl (C=O) groups excluding carboxylic acids is 8. The van der Waals surface area contributed by atoms with Gasteiger partial charge in [-0.2, -0.15) is 0 Å². The molecule has 2 aliphatic rings. The minimum Gasteiger partial charge on any atom is -0.356 e. The van der Waals surface area contributed by atoms with E-state index in [2.05, 4.69) is 44.9 Å². The van der Waals surface area contributed by atoms with E-state index in [1.807, 2.05) is 0 Å². The number of hydrogen-bond donors (Lipinski definition) is 4. The number of carbonyl (C=O) groups is 8. The topological polar surface area (TPSA) is 191 Å². The van der Waals surface area contributed by atoms with Gasteiger partial charge in [0.15, 0.2) is 0 Å². The molecule has 0 saturated heterocycles. The molecule has 53 heavy (non-hydrogen) atoms. The first-order chi connectivity index (χ1) is 22.8. The van der Waals surface area contributed by atoms with Crippen molar-refractivity contribution in [3.63, 3.8) is 0 Å². The average Bonchev–Trinajstić information content (AvgIpc) is 3.55. The van der Waals surface area contributed by atoms with Gasteiger partial charge in [0.1, 0.15) is 11.6 Å². The summed E-state index contributed by atoms with van der Waals surface area (Å²) in [4.78, 5) is 93.0. The summed E-state index contributed by atoms with van der Waals surface area (Å²) in [5.74, 6) is -1.66. The van der Waals surface area contributed by atoms with E-state index in [-0.39, 0.29) is 122 Å². The highest BCUT2D eigenvalue weighted by molar-refractivity contribution is 8.40. The van der Waals surface area contributed by atoms with Gasteiger partial charge in [0, 0.05) is 77.4 Å². The monoisotopic (exact) mass is 824 g/mol.